The topological polar surface area (TPSA) is 90.2 Å². The van der Waals surface area contributed by atoms with Crippen molar-refractivity contribution in [2.24, 2.45) is 45.3 Å². The van der Waals surface area contributed by atoms with Gasteiger partial charge >= 0.3 is 0 Å². The summed E-state index contributed by atoms with van der Waals surface area (Å²) < 4.78 is 5.59. The molecule has 0 aromatic heterocycles. The Morgan fingerprint density at radius 3 is 2.11 bits per heavy atom. The number of ether oxygens (including phenoxy) is 1. The highest BCUT2D eigenvalue weighted by atomic mass is 16.5. The second kappa shape index (κ2) is 8.91. The molecular weight excluding hydrogens is 452 g/mol. The summed E-state index contributed by atoms with van der Waals surface area (Å²) in [7, 11) is 1.74. The SMILES string of the molecule is COC(C)(C)CCC[C@](C)(O)[C@H]1CC[C@]2(C)[C@@H]1[C@H](O)C[C@@H]1[C@@]3(C)CC[C@H](O)C(C)(C)[C@@H]3[C@@H](O)C[C@]12C. The Labute approximate surface area is 220 Å². The van der Waals surface area contributed by atoms with Gasteiger partial charge in [0.05, 0.1) is 29.5 Å². The lowest BCUT2D eigenvalue weighted by Crippen LogP contribution is -2.69. The lowest BCUT2D eigenvalue weighted by molar-refractivity contribution is -0.274. The zero-order chi connectivity index (χ0) is 27.1. The Balaban J connectivity index is 1.64. The molecule has 0 aromatic carbocycles. The van der Waals surface area contributed by atoms with Crippen molar-refractivity contribution in [2.45, 2.75) is 143 Å². The molecule has 5 heteroatoms. The first-order valence-corrected chi connectivity index (χ1v) is 14.7. The summed E-state index contributed by atoms with van der Waals surface area (Å²) >= 11 is 0. The van der Waals surface area contributed by atoms with Crippen molar-refractivity contribution in [3.63, 3.8) is 0 Å². The smallest absolute Gasteiger partial charge is 0.0651 e. The van der Waals surface area contributed by atoms with E-state index in [9.17, 15) is 20.4 Å². The highest BCUT2D eigenvalue weighted by molar-refractivity contribution is 5.21. The van der Waals surface area contributed by atoms with Crippen molar-refractivity contribution >= 4 is 0 Å². The van der Waals surface area contributed by atoms with Gasteiger partial charge in [0, 0.05) is 7.11 Å². The lowest BCUT2D eigenvalue weighted by atomic mass is 9.34. The van der Waals surface area contributed by atoms with Crippen LogP contribution in [0.2, 0.25) is 0 Å². The van der Waals surface area contributed by atoms with Gasteiger partial charge in [-0.05, 0) is 124 Å². The first kappa shape index (κ1) is 28.8. The molecule has 0 aliphatic heterocycles. The Hall–Kier alpha value is -0.200. The van der Waals surface area contributed by atoms with Gasteiger partial charge < -0.3 is 25.2 Å². The van der Waals surface area contributed by atoms with E-state index >= 15 is 0 Å². The van der Waals surface area contributed by atoms with Crippen molar-refractivity contribution in [2.75, 3.05) is 7.11 Å². The first-order valence-electron chi connectivity index (χ1n) is 14.7. The summed E-state index contributed by atoms with van der Waals surface area (Å²) in [6.07, 6.45) is 6.15. The maximum atomic E-state index is 11.8. The molecule has 4 aliphatic carbocycles. The van der Waals surface area contributed by atoms with E-state index in [1.54, 1.807) is 7.11 Å². The number of fused-ring (bicyclic) bond motifs is 5. The van der Waals surface area contributed by atoms with E-state index in [0.29, 0.717) is 12.8 Å². The Morgan fingerprint density at radius 1 is 0.861 bits per heavy atom. The standard InChI is InChI=1S/C31H56O5/c1-26(2,36-9)13-10-14-31(8,35)19-11-16-29(6)24(19)20(32)17-22-28(5)15-12-23(34)27(3,4)25(28)21(33)18-30(22,29)7/h19-25,32-35H,10-18H2,1-9H3/t19-,20+,21-,22+,23-,24-,25-,28+,29+,30+,31-/m0/s1. The summed E-state index contributed by atoms with van der Waals surface area (Å²) in [4.78, 5) is 0. The summed E-state index contributed by atoms with van der Waals surface area (Å²) in [5.74, 6) is 0.378. The van der Waals surface area contributed by atoms with Crippen LogP contribution in [0, 0.1) is 45.3 Å². The van der Waals surface area contributed by atoms with E-state index in [1.807, 2.05) is 6.92 Å². The van der Waals surface area contributed by atoms with E-state index in [4.69, 9.17) is 4.74 Å². The predicted molar refractivity (Wildman–Crippen MR) is 143 cm³/mol. The molecule has 0 heterocycles. The molecule has 4 rings (SSSR count). The Bertz CT molecular complexity index is 822. The van der Waals surface area contributed by atoms with Gasteiger partial charge in [0.1, 0.15) is 0 Å². The van der Waals surface area contributed by atoms with Gasteiger partial charge in [-0.1, -0.05) is 34.6 Å². The number of rotatable bonds is 6. The highest BCUT2D eigenvalue weighted by Gasteiger charge is 2.72. The molecule has 0 spiro atoms. The molecule has 0 saturated heterocycles. The summed E-state index contributed by atoms with van der Waals surface area (Å²) in [5.41, 5.74) is -1.79. The van der Waals surface area contributed by atoms with Crippen LogP contribution in [-0.4, -0.2) is 57.0 Å². The summed E-state index contributed by atoms with van der Waals surface area (Å²) in [5, 5.41) is 46.2. The number of aliphatic hydroxyl groups excluding tert-OH is 3. The lowest BCUT2D eigenvalue weighted by Gasteiger charge is -2.71. The van der Waals surface area contributed by atoms with Crippen LogP contribution in [0.15, 0.2) is 0 Å². The molecular formula is C31H56O5. The van der Waals surface area contributed by atoms with Gasteiger partial charge in [-0.3, -0.25) is 0 Å². The molecule has 5 nitrogen and oxygen atoms in total. The van der Waals surface area contributed by atoms with Crippen molar-refractivity contribution in [3.05, 3.63) is 0 Å². The molecule has 4 fully saturated rings. The van der Waals surface area contributed by atoms with Crippen LogP contribution in [-0.2, 0) is 4.74 Å². The minimum absolute atomic E-state index is 0.0172. The Kier molecular flexibility index (Phi) is 7.13. The van der Waals surface area contributed by atoms with Crippen LogP contribution in [0.4, 0.5) is 0 Å². The molecule has 4 saturated carbocycles. The van der Waals surface area contributed by atoms with E-state index in [2.05, 4.69) is 48.5 Å². The molecule has 4 aliphatic rings. The zero-order valence-electron chi connectivity index (χ0n) is 24.6. The minimum Gasteiger partial charge on any atom is -0.393 e. The molecule has 0 radical (unpaired) electrons. The zero-order valence-corrected chi connectivity index (χ0v) is 24.6. The second-order valence-corrected chi connectivity index (χ2v) is 15.7. The number of methoxy groups -OCH3 is 1. The molecule has 0 bridgehead atoms. The average molecular weight is 509 g/mol. The third-order valence-electron chi connectivity index (χ3n) is 13.1. The van der Waals surface area contributed by atoms with Gasteiger partial charge in [-0.2, -0.15) is 0 Å². The van der Waals surface area contributed by atoms with Gasteiger partial charge in [-0.15, -0.1) is 0 Å². The monoisotopic (exact) mass is 508 g/mol. The predicted octanol–water partition coefficient (Wildman–Crippen LogP) is 5.32. The van der Waals surface area contributed by atoms with Crippen molar-refractivity contribution in [1.29, 1.82) is 0 Å². The van der Waals surface area contributed by atoms with Crippen LogP contribution in [0.3, 0.4) is 0 Å². The average Bonchev–Trinajstić information content (AvgIpc) is 3.13. The number of hydrogen-bond acceptors (Lipinski definition) is 5. The first-order chi connectivity index (χ1) is 16.4. The molecule has 210 valence electrons. The maximum absolute atomic E-state index is 11.8. The molecule has 0 amide bonds. The van der Waals surface area contributed by atoms with Crippen LogP contribution in [0.5, 0.6) is 0 Å². The van der Waals surface area contributed by atoms with Gasteiger partial charge in [0.25, 0.3) is 0 Å². The van der Waals surface area contributed by atoms with Crippen LogP contribution in [0.1, 0.15) is 113 Å². The molecule has 11 atom stereocenters. The van der Waals surface area contributed by atoms with E-state index < -0.39 is 23.9 Å². The third kappa shape index (κ3) is 4.05. The largest absolute Gasteiger partial charge is 0.393 e. The molecule has 36 heavy (non-hydrogen) atoms. The third-order valence-corrected chi connectivity index (χ3v) is 13.1. The van der Waals surface area contributed by atoms with Gasteiger partial charge in [0.2, 0.25) is 0 Å². The maximum Gasteiger partial charge on any atom is 0.0651 e. The second-order valence-electron chi connectivity index (χ2n) is 15.7. The van der Waals surface area contributed by atoms with Crippen molar-refractivity contribution < 1.29 is 25.2 Å². The minimum atomic E-state index is -0.840. The van der Waals surface area contributed by atoms with Gasteiger partial charge in [-0.25, -0.2) is 0 Å². The fraction of sp³-hybridized carbons (Fsp3) is 1.00. The van der Waals surface area contributed by atoms with Crippen molar-refractivity contribution in [1.82, 2.24) is 0 Å². The van der Waals surface area contributed by atoms with Crippen LogP contribution >= 0.6 is 0 Å². The van der Waals surface area contributed by atoms with Crippen molar-refractivity contribution in [3.8, 4) is 0 Å². The summed E-state index contributed by atoms with van der Waals surface area (Å²) in [6, 6.07) is 0. The summed E-state index contributed by atoms with van der Waals surface area (Å²) in [6.45, 7) is 17.5. The molecule has 4 N–H and O–H groups in total. The van der Waals surface area contributed by atoms with Gasteiger partial charge in [0.15, 0.2) is 0 Å². The number of aliphatic hydroxyl groups is 4. The fourth-order valence-electron chi connectivity index (χ4n) is 10.8. The van der Waals surface area contributed by atoms with E-state index in [1.165, 1.54) is 0 Å². The number of hydrogen-bond donors (Lipinski definition) is 4. The van der Waals surface area contributed by atoms with Crippen LogP contribution in [0.25, 0.3) is 0 Å². The van der Waals surface area contributed by atoms with E-state index in [-0.39, 0.29) is 50.9 Å². The van der Waals surface area contributed by atoms with Crippen LogP contribution < -0.4 is 0 Å². The quantitative estimate of drug-likeness (QED) is 0.390. The molecule has 0 aromatic rings. The fourth-order valence-corrected chi connectivity index (χ4v) is 10.8. The van der Waals surface area contributed by atoms with E-state index in [0.717, 1.165) is 44.9 Å². The highest BCUT2D eigenvalue weighted by Crippen LogP contribution is 2.75. The molecule has 0 unspecified atom stereocenters. The normalized spacial score (nSPS) is 50.1. The Morgan fingerprint density at radius 2 is 1.50 bits per heavy atom.